The lowest BCUT2D eigenvalue weighted by Gasteiger charge is -2.24. The van der Waals surface area contributed by atoms with Crippen LogP contribution in [0.4, 0.5) is 0 Å². The van der Waals surface area contributed by atoms with E-state index in [9.17, 15) is 8.42 Å². The first-order chi connectivity index (χ1) is 6.70. The van der Waals surface area contributed by atoms with Crippen molar-refractivity contribution in [1.82, 2.24) is 0 Å². The van der Waals surface area contributed by atoms with Gasteiger partial charge in [0.15, 0.2) is 0 Å². The molecule has 0 fully saturated rings. The summed E-state index contributed by atoms with van der Waals surface area (Å²) in [6.07, 6.45) is 0. The van der Waals surface area contributed by atoms with E-state index in [1.165, 1.54) is 6.07 Å². The fraction of sp³-hybridized carbons (Fsp3) is 0.400. The minimum absolute atomic E-state index is 0.00181. The summed E-state index contributed by atoms with van der Waals surface area (Å²) in [6, 6.07) is 6.49. The minimum atomic E-state index is -4.12. The molecule has 0 saturated heterocycles. The highest BCUT2D eigenvalue weighted by molar-refractivity contribution is 7.85. The van der Waals surface area contributed by atoms with Crippen molar-refractivity contribution in [2.75, 3.05) is 21.1 Å². The van der Waals surface area contributed by atoms with Gasteiger partial charge in [0, 0.05) is 5.56 Å². The van der Waals surface area contributed by atoms with Crippen LogP contribution < -0.4 is 0 Å². The van der Waals surface area contributed by atoms with Crippen molar-refractivity contribution in [2.45, 2.75) is 11.4 Å². The first-order valence-corrected chi connectivity index (χ1v) is 6.00. The predicted octanol–water partition coefficient (Wildman–Crippen LogP) is 1.14. The van der Waals surface area contributed by atoms with Crippen LogP contribution in [0.25, 0.3) is 0 Å². The van der Waals surface area contributed by atoms with Gasteiger partial charge in [-0.25, -0.2) is 0 Å². The molecule has 1 aromatic carbocycles. The Morgan fingerprint density at radius 2 is 1.73 bits per heavy atom. The number of hydrogen-bond acceptors (Lipinski definition) is 2. The van der Waals surface area contributed by atoms with Crippen LogP contribution in [0.5, 0.6) is 0 Å². The van der Waals surface area contributed by atoms with Gasteiger partial charge in [-0.2, -0.15) is 8.42 Å². The molecule has 0 aromatic heterocycles. The van der Waals surface area contributed by atoms with Gasteiger partial charge in [0.1, 0.15) is 11.4 Å². The van der Waals surface area contributed by atoms with Gasteiger partial charge in [-0.05, 0) is 6.07 Å². The Balaban J connectivity index is 3.20. The number of benzene rings is 1. The summed E-state index contributed by atoms with van der Waals surface area (Å²) in [5, 5.41) is 0. The molecular formula is C10H16NO3S+. The summed E-state index contributed by atoms with van der Waals surface area (Å²) < 4.78 is 31.8. The van der Waals surface area contributed by atoms with E-state index in [4.69, 9.17) is 4.55 Å². The molecule has 1 rings (SSSR count). The van der Waals surface area contributed by atoms with Crippen molar-refractivity contribution in [2.24, 2.45) is 0 Å². The molecule has 1 N–H and O–H groups in total. The summed E-state index contributed by atoms with van der Waals surface area (Å²) in [5.74, 6) is 0. The first-order valence-electron chi connectivity index (χ1n) is 4.56. The molecule has 0 radical (unpaired) electrons. The standard InChI is InChI=1S/C10H15NO3S/c1-11(2,3)8-9-6-4-5-7-10(9)15(12,13)14/h4-7H,8H2,1-3H3/p+1. The van der Waals surface area contributed by atoms with E-state index in [0.29, 0.717) is 16.6 Å². The highest BCUT2D eigenvalue weighted by atomic mass is 32.2. The highest BCUT2D eigenvalue weighted by Gasteiger charge is 2.18. The second-order valence-electron chi connectivity index (χ2n) is 4.53. The van der Waals surface area contributed by atoms with Crippen LogP contribution in [0.3, 0.4) is 0 Å². The molecule has 0 aliphatic carbocycles. The van der Waals surface area contributed by atoms with E-state index in [2.05, 4.69) is 0 Å². The number of hydrogen-bond donors (Lipinski definition) is 1. The van der Waals surface area contributed by atoms with Crippen LogP contribution >= 0.6 is 0 Å². The molecule has 0 unspecified atom stereocenters. The molecule has 0 aliphatic heterocycles. The van der Waals surface area contributed by atoms with E-state index >= 15 is 0 Å². The third-order valence-corrected chi connectivity index (χ3v) is 2.85. The fourth-order valence-electron chi connectivity index (χ4n) is 1.40. The van der Waals surface area contributed by atoms with E-state index < -0.39 is 10.1 Å². The maximum Gasteiger partial charge on any atom is 0.295 e. The number of nitrogens with zero attached hydrogens (tertiary/aromatic N) is 1. The monoisotopic (exact) mass is 230 g/mol. The quantitative estimate of drug-likeness (QED) is 0.626. The summed E-state index contributed by atoms with van der Waals surface area (Å²) in [6.45, 7) is 0.552. The Labute approximate surface area is 90.5 Å². The molecule has 84 valence electrons. The lowest BCUT2D eigenvalue weighted by atomic mass is 10.2. The van der Waals surface area contributed by atoms with Crippen LogP contribution in [-0.2, 0) is 16.7 Å². The fourth-order valence-corrected chi connectivity index (χ4v) is 2.11. The molecule has 0 aliphatic rings. The van der Waals surface area contributed by atoms with Gasteiger partial charge in [0.25, 0.3) is 10.1 Å². The molecule has 0 amide bonds. The topological polar surface area (TPSA) is 54.4 Å². The number of rotatable bonds is 3. The third-order valence-electron chi connectivity index (χ3n) is 1.90. The Bertz CT molecular complexity index is 446. The van der Waals surface area contributed by atoms with E-state index in [1.54, 1.807) is 18.2 Å². The molecule has 1 aromatic rings. The van der Waals surface area contributed by atoms with Crippen LogP contribution in [0.1, 0.15) is 5.56 Å². The predicted molar refractivity (Wildman–Crippen MR) is 58.0 cm³/mol. The largest absolute Gasteiger partial charge is 0.327 e. The normalized spacial score (nSPS) is 12.8. The Kier molecular flexibility index (Phi) is 3.18. The van der Waals surface area contributed by atoms with Crippen molar-refractivity contribution in [1.29, 1.82) is 0 Å². The zero-order chi connectivity index (χ0) is 11.7. The SMILES string of the molecule is C[N+](C)(C)Cc1ccccc1S(=O)(=O)O. The molecule has 0 saturated carbocycles. The second-order valence-corrected chi connectivity index (χ2v) is 5.92. The zero-order valence-corrected chi connectivity index (χ0v) is 9.95. The third kappa shape index (κ3) is 3.62. The molecule has 15 heavy (non-hydrogen) atoms. The molecular weight excluding hydrogens is 214 g/mol. The van der Waals surface area contributed by atoms with Gasteiger partial charge in [-0.3, -0.25) is 4.55 Å². The Hall–Kier alpha value is -0.910. The summed E-state index contributed by atoms with van der Waals surface area (Å²) in [4.78, 5) is -0.00181. The lowest BCUT2D eigenvalue weighted by Crippen LogP contribution is -2.33. The maximum atomic E-state index is 11.1. The summed E-state index contributed by atoms with van der Waals surface area (Å²) in [7, 11) is 1.76. The van der Waals surface area contributed by atoms with Gasteiger partial charge in [0.2, 0.25) is 0 Å². The van der Waals surface area contributed by atoms with Crippen molar-refractivity contribution >= 4 is 10.1 Å². The molecule has 0 spiro atoms. The van der Waals surface area contributed by atoms with Crippen LogP contribution in [0.15, 0.2) is 29.2 Å². The molecule has 0 heterocycles. The van der Waals surface area contributed by atoms with Crippen molar-refractivity contribution in [3.63, 3.8) is 0 Å². The smallest absolute Gasteiger partial charge is 0.295 e. The molecule has 5 heteroatoms. The molecule has 4 nitrogen and oxygen atoms in total. The van der Waals surface area contributed by atoms with Gasteiger partial charge < -0.3 is 4.48 Å². The van der Waals surface area contributed by atoms with Gasteiger partial charge in [-0.1, -0.05) is 18.2 Å². The Morgan fingerprint density at radius 3 is 2.20 bits per heavy atom. The molecule has 0 bridgehead atoms. The number of quaternary nitrogens is 1. The first kappa shape index (κ1) is 12.2. The van der Waals surface area contributed by atoms with Crippen molar-refractivity contribution < 1.29 is 17.5 Å². The van der Waals surface area contributed by atoms with Crippen LogP contribution in [0, 0.1) is 0 Å². The average Bonchev–Trinajstić information content (AvgIpc) is 1.99. The van der Waals surface area contributed by atoms with Crippen LogP contribution in [-0.4, -0.2) is 38.6 Å². The Morgan fingerprint density at radius 1 is 1.20 bits per heavy atom. The van der Waals surface area contributed by atoms with Gasteiger partial charge >= 0.3 is 0 Å². The highest BCUT2D eigenvalue weighted by Crippen LogP contribution is 2.17. The zero-order valence-electron chi connectivity index (χ0n) is 9.14. The van der Waals surface area contributed by atoms with Gasteiger partial charge in [-0.15, -0.1) is 0 Å². The maximum absolute atomic E-state index is 11.1. The second kappa shape index (κ2) is 3.92. The summed E-state index contributed by atoms with van der Waals surface area (Å²) in [5.41, 5.74) is 0.632. The van der Waals surface area contributed by atoms with Crippen molar-refractivity contribution in [3.05, 3.63) is 29.8 Å². The van der Waals surface area contributed by atoms with Crippen LogP contribution in [0.2, 0.25) is 0 Å². The minimum Gasteiger partial charge on any atom is -0.327 e. The van der Waals surface area contributed by atoms with E-state index in [0.717, 1.165) is 0 Å². The molecule has 0 atom stereocenters. The van der Waals surface area contributed by atoms with Crippen molar-refractivity contribution in [3.8, 4) is 0 Å². The lowest BCUT2D eigenvalue weighted by molar-refractivity contribution is -0.884. The average molecular weight is 230 g/mol. The van der Waals surface area contributed by atoms with E-state index in [1.807, 2.05) is 21.1 Å². The summed E-state index contributed by atoms with van der Waals surface area (Å²) >= 11 is 0. The van der Waals surface area contributed by atoms with E-state index in [-0.39, 0.29) is 4.90 Å². The van der Waals surface area contributed by atoms with Gasteiger partial charge in [0.05, 0.1) is 21.1 Å².